The number of benzene rings is 8. The SMILES string of the molecule is c1ccc(-c2ccc(N(c3ccc4c(c3)oc3ccc5cc(-c6ccccc6)ccc5c34)c3ccc4sc5ccccc5c4c3)cc2)cc1. The fourth-order valence-electron chi connectivity index (χ4n) is 7.28. The van der Waals surface area contributed by atoms with Crippen LogP contribution in [0.25, 0.3) is 75.1 Å². The molecule has 0 atom stereocenters. The van der Waals surface area contributed by atoms with Crippen molar-refractivity contribution in [3.63, 3.8) is 0 Å². The van der Waals surface area contributed by atoms with E-state index >= 15 is 0 Å². The van der Waals surface area contributed by atoms with Crippen molar-refractivity contribution < 1.29 is 4.42 Å². The molecular weight excluding hydrogens is 615 g/mol. The quantitative estimate of drug-likeness (QED) is 0.186. The molecule has 0 radical (unpaired) electrons. The Morgan fingerprint density at radius 3 is 1.80 bits per heavy atom. The van der Waals surface area contributed by atoms with Crippen LogP contribution < -0.4 is 4.90 Å². The zero-order valence-corrected chi connectivity index (χ0v) is 27.3. The number of thiophene rings is 1. The van der Waals surface area contributed by atoms with Crippen molar-refractivity contribution in [2.75, 3.05) is 4.90 Å². The molecule has 0 aliphatic carbocycles. The predicted molar refractivity (Wildman–Crippen MR) is 210 cm³/mol. The molecule has 10 rings (SSSR count). The second-order valence-electron chi connectivity index (χ2n) is 12.6. The number of rotatable bonds is 5. The van der Waals surface area contributed by atoms with Gasteiger partial charge in [-0.15, -0.1) is 11.3 Å². The molecule has 2 nitrogen and oxygen atoms in total. The molecule has 230 valence electrons. The molecule has 0 amide bonds. The van der Waals surface area contributed by atoms with E-state index in [9.17, 15) is 0 Å². The number of anilines is 3. The number of hydrogen-bond donors (Lipinski definition) is 0. The zero-order valence-electron chi connectivity index (χ0n) is 26.5. The lowest BCUT2D eigenvalue weighted by Gasteiger charge is -2.26. The lowest BCUT2D eigenvalue weighted by Crippen LogP contribution is -2.09. The highest BCUT2D eigenvalue weighted by atomic mass is 32.1. The average Bonchev–Trinajstić information content (AvgIpc) is 3.74. The van der Waals surface area contributed by atoms with Gasteiger partial charge in [-0.2, -0.15) is 0 Å². The van der Waals surface area contributed by atoms with Crippen molar-refractivity contribution in [3.05, 3.63) is 176 Å². The van der Waals surface area contributed by atoms with Crippen LogP contribution in [-0.2, 0) is 0 Å². The minimum atomic E-state index is 0.875. The smallest absolute Gasteiger partial charge is 0.137 e. The van der Waals surface area contributed by atoms with Crippen molar-refractivity contribution in [2.24, 2.45) is 0 Å². The van der Waals surface area contributed by atoms with Crippen LogP contribution >= 0.6 is 11.3 Å². The average molecular weight is 644 g/mol. The maximum atomic E-state index is 6.61. The van der Waals surface area contributed by atoms with Crippen LogP contribution in [-0.4, -0.2) is 0 Å². The Morgan fingerprint density at radius 1 is 0.367 bits per heavy atom. The molecule has 0 saturated carbocycles. The van der Waals surface area contributed by atoms with Gasteiger partial charge in [-0.3, -0.25) is 0 Å². The highest BCUT2D eigenvalue weighted by Gasteiger charge is 2.18. The molecule has 8 aromatic carbocycles. The first-order chi connectivity index (χ1) is 24.3. The van der Waals surface area contributed by atoms with Gasteiger partial charge < -0.3 is 9.32 Å². The van der Waals surface area contributed by atoms with Crippen molar-refractivity contribution in [2.45, 2.75) is 0 Å². The predicted octanol–water partition coefficient (Wildman–Crippen LogP) is 13.9. The van der Waals surface area contributed by atoms with E-state index in [0.717, 1.165) is 39.0 Å². The lowest BCUT2D eigenvalue weighted by molar-refractivity contribution is 0.669. The Kier molecular flexibility index (Phi) is 6.39. The van der Waals surface area contributed by atoms with Crippen molar-refractivity contribution >= 4 is 81.3 Å². The zero-order chi connectivity index (χ0) is 32.3. The van der Waals surface area contributed by atoms with Crippen LogP contribution in [0, 0.1) is 0 Å². The summed E-state index contributed by atoms with van der Waals surface area (Å²) in [7, 11) is 0. The highest BCUT2D eigenvalue weighted by molar-refractivity contribution is 7.25. The second-order valence-corrected chi connectivity index (χ2v) is 13.6. The summed E-state index contributed by atoms with van der Waals surface area (Å²) in [5, 5.41) is 7.25. The fraction of sp³-hybridized carbons (Fsp3) is 0. The van der Waals surface area contributed by atoms with E-state index in [-0.39, 0.29) is 0 Å². The maximum absolute atomic E-state index is 6.61. The summed E-state index contributed by atoms with van der Waals surface area (Å²) < 4.78 is 9.20. The third-order valence-corrected chi connectivity index (χ3v) is 10.8. The van der Waals surface area contributed by atoms with Crippen LogP contribution in [0.3, 0.4) is 0 Å². The van der Waals surface area contributed by atoms with Gasteiger partial charge in [-0.05, 0) is 93.7 Å². The first kappa shape index (κ1) is 27.9. The van der Waals surface area contributed by atoms with Crippen LogP contribution in [0.15, 0.2) is 180 Å². The summed E-state index contributed by atoms with van der Waals surface area (Å²) in [6.45, 7) is 0. The van der Waals surface area contributed by atoms with E-state index in [4.69, 9.17) is 4.42 Å². The molecule has 2 heterocycles. The highest BCUT2D eigenvalue weighted by Crippen LogP contribution is 2.43. The van der Waals surface area contributed by atoms with Crippen molar-refractivity contribution in [1.29, 1.82) is 0 Å². The topological polar surface area (TPSA) is 16.4 Å². The Bertz CT molecular complexity index is 2810. The molecule has 10 aromatic rings. The molecule has 49 heavy (non-hydrogen) atoms. The van der Waals surface area contributed by atoms with Gasteiger partial charge in [0.05, 0.1) is 0 Å². The molecule has 0 spiro atoms. The van der Waals surface area contributed by atoms with Crippen LogP contribution in [0.2, 0.25) is 0 Å². The lowest BCUT2D eigenvalue weighted by atomic mass is 9.98. The van der Waals surface area contributed by atoms with Crippen LogP contribution in [0.4, 0.5) is 17.1 Å². The van der Waals surface area contributed by atoms with Gasteiger partial charge in [-0.25, -0.2) is 0 Å². The van der Waals surface area contributed by atoms with Crippen LogP contribution in [0.1, 0.15) is 0 Å². The van der Waals surface area contributed by atoms with Gasteiger partial charge in [0.2, 0.25) is 0 Å². The van der Waals surface area contributed by atoms with Gasteiger partial charge in [0.15, 0.2) is 0 Å². The van der Waals surface area contributed by atoms with E-state index < -0.39 is 0 Å². The van der Waals surface area contributed by atoms with Gasteiger partial charge in [0, 0.05) is 54.1 Å². The Balaban J connectivity index is 1.13. The van der Waals surface area contributed by atoms with E-state index in [1.807, 2.05) is 11.3 Å². The Labute approximate surface area is 287 Å². The summed E-state index contributed by atoms with van der Waals surface area (Å²) >= 11 is 1.84. The minimum Gasteiger partial charge on any atom is -0.456 e. The van der Waals surface area contributed by atoms with Gasteiger partial charge >= 0.3 is 0 Å². The van der Waals surface area contributed by atoms with Crippen LogP contribution in [0.5, 0.6) is 0 Å². The van der Waals surface area contributed by atoms with Gasteiger partial charge in [0.1, 0.15) is 11.2 Å². The van der Waals surface area contributed by atoms with Crippen molar-refractivity contribution in [3.8, 4) is 22.3 Å². The monoisotopic (exact) mass is 643 g/mol. The van der Waals surface area contributed by atoms with E-state index in [1.165, 1.54) is 53.2 Å². The third-order valence-electron chi connectivity index (χ3n) is 9.65. The molecule has 0 aliphatic rings. The normalized spacial score (nSPS) is 11.7. The Morgan fingerprint density at radius 2 is 0.980 bits per heavy atom. The first-order valence-corrected chi connectivity index (χ1v) is 17.4. The second kappa shape index (κ2) is 11.2. The molecule has 0 bridgehead atoms. The third kappa shape index (κ3) is 4.70. The molecule has 0 fully saturated rings. The van der Waals surface area contributed by atoms with Gasteiger partial charge in [-0.1, -0.05) is 109 Å². The van der Waals surface area contributed by atoms with E-state index in [0.29, 0.717) is 0 Å². The summed E-state index contributed by atoms with van der Waals surface area (Å²) in [6.07, 6.45) is 0. The maximum Gasteiger partial charge on any atom is 0.137 e. The number of hydrogen-bond acceptors (Lipinski definition) is 3. The summed E-state index contributed by atoms with van der Waals surface area (Å²) in [5.74, 6) is 0. The number of fused-ring (bicyclic) bond motifs is 8. The summed E-state index contributed by atoms with van der Waals surface area (Å²) in [6, 6.07) is 63.2. The molecule has 2 aromatic heterocycles. The minimum absolute atomic E-state index is 0.875. The molecule has 0 aliphatic heterocycles. The molecule has 0 unspecified atom stereocenters. The van der Waals surface area contributed by atoms with E-state index in [1.54, 1.807) is 0 Å². The molecular formula is C46H29NOS. The molecule has 3 heteroatoms. The molecule has 0 N–H and O–H groups in total. The number of nitrogens with zero attached hydrogens (tertiary/aromatic N) is 1. The number of furan rings is 1. The molecule has 0 saturated heterocycles. The standard InChI is InChI=1S/C46H29NOS/c1-3-9-30(10-4-1)32-15-19-35(20-16-32)47(36-22-26-45-41(28-36)39-13-7-8-14-44(39)49-45)37-21-24-40-43(29-37)48-42-25-18-34-27-33(17-23-38(34)46(40)42)31-11-5-2-6-12-31/h1-29H. The van der Waals surface area contributed by atoms with E-state index in [2.05, 4.69) is 181 Å². The largest absolute Gasteiger partial charge is 0.456 e. The fourth-order valence-corrected chi connectivity index (χ4v) is 8.36. The Hall–Kier alpha value is -6.16. The first-order valence-electron chi connectivity index (χ1n) is 16.6. The van der Waals surface area contributed by atoms with Crippen molar-refractivity contribution in [1.82, 2.24) is 0 Å². The van der Waals surface area contributed by atoms with Gasteiger partial charge in [0.25, 0.3) is 0 Å². The summed E-state index contributed by atoms with van der Waals surface area (Å²) in [4.78, 5) is 2.34. The summed E-state index contributed by atoms with van der Waals surface area (Å²) in [5.41, 5.74) is 9.86.